The van der Waals surface area contributed by atoms with Gasteiger partial charge in [-0.1, -0.05) is 30.3 Å². The molecule has 0 saturated heterocycles. The molecule has 0 aromatic heterocycles. The summed E-state index contributed by atoms with van der Waals surface area (Å²) in [5.41, 5.74) is 1.19. The minimum Gasteiger partial charge on any atom is -0.478 e. The molecule has 0 bridgehead atoms. The van der Waals surface area contributed by atoms with Crippen molar-refractivity contribution in [2.75, 3.05) is 25.0 Å². The van der Waals surface area contributed by atoms with E-state index in [0.29, 0.717) is 25.1 Å². The lowest BCUT2D eigenvalue weighted by molar-refractivity contribution is 0.0696. The first-order valence-electron chi connectivity index (χ1n) is 8.19. The van der Waals surface area contributed by atoms with E-state index < -0.39 is 16.0 Å². The standard InChI is InChI=1S/C18H22N2O5S/c21-12-4-10-19-16-8-7-15(18(22)23)13-17(16)26(24,25)20-11-9-14-5-2-1-3-6-14/h1-3,5-8,13,19-21H,4,9-12H2,(H,22,23). The van der Waals surface area contributed by atoms with Crippen molar-refractivity contribution in [3.8, 4) is 0 Å². The highest BCUT2D eigenvalue weighted by molar-refractivity contribution is 7.89. The Morgan fingerprint density at radius 1 is 1.04 bits per heavy atom. The van der Waals surface area contributed by atoms with E-state index in [2.05, 4.69) is 10.0 Å². The quantitative estimate of drug-likeness (QED) is 0.468. The number of benzene rings is 2. The van der Waals surface area contributed by atoms with Crippen LogP contribution in [-0.2, 0) is 16.4 Å². The molecule has 2 rings (SSSR count). The van der Waals surface area contributed by atoms with E-state index in [0.717, 1.165) is 11.6 Å². The monoisotopic (exact) mass is 378 g/mol. The second kappa shape index (κ2) is 9.33. The molecule has 0 atom stereocenters. The fourth-order valence-corrected chi connectivity index (χ4v) is 3.62. The van der Waals surface area contributed by atoms with Crippen LogP contribution in [0.3, 0.4) is 0 Å². The van der Waals surface area contributed by atoms with Crippen LogP contribution in [0.5, 0.6) is 0 Å². The summed E-state index contributed by atoms with van der Waals surface area (Å²) >= 11 is 0. The van der Waals surface area contributed by atoms with Gasteiger partial charge in [0.15, 0.2) is 0 Å². The van der Waals surface area contributed by atoms with Crippen LogP contribution in [0.4, 0.5) is 5.69 Å². The molecule has 0 amide bonds. The molecule has 4 N–H and O–H groups in total. The Bertz CT molecular complexity index is 838. The molecule has 0 spiro atoms. The van der Waals surface area contributed by atoms with Crippen molar-refractivity contribution in [2.45, 2.75) is 17.7 Å². The molecule has 140 valence electrons. The van der Waals surface area contributed by atoms with E-state index in [-0.39, 0.29) is 23.6 Å². The Hall–Kier alpha value is -2.42. The Balaban J connectivity index is 2.18. The van der Waals surface area contributed by atoms with Crippen LogP contribution in [0.2, 0.25) is 0 Å². The predicted octanol–water partition coefficient (Wildman–Crippen LogP) is 1.70. The Labute approximate surface area is 152 Å². The third kappa shape index (κ3) is 5.55. The van der Waals surface area contributed by atoms with Crippen LogP contribution in [0, 0.1) is 0 Å². The molecule has 2 aromatic carbocycles. The van der Waals surface area contributed by atoms with Crippen LogP contribution in [-0.4, -0.2) is 44.3 Å². The maximum absolute atomic E-state index is 12.7. The van der Waals surface area contributed by atoms with Gasteiger partial charge < -0.3 is 15.5 Å². The zero-order valence-electron chi connectivity index (χ0n) is 14.2. The number of sulfonamides is 1. The number of carbonyl (C=O) groups is 1. The van der Waals surface area contributed by atoms with E-state index in [1.54, 1.807) is 0 Å². The highest BCUT2D eigenvalue weighted by Crippen LogP contribution is 2.23. The van der Waals surface area contributed by atoms with Gasteiger partial charge in [-0.25, -0.2) is 17.9 Å². The van der Waals surface area contributed by atoms with E-state index in [4.69, 9.17) is 10.2 Å². The summed E-state index contributed by atoms with van der Waals surface area (Å²) in [6.45, 7) is 0.535. The largest absolute Gasteiger partial charge is 0.478 e. The molecule has 0 fully saturated rings. The third-order valence-electron chi connectivity index (χ3n) is 3.72. The second-order valence-corrected chi connectivity index (χ2v) is 7.39. The van der Waals surface area contributed by atoms with Crippen LogP contribution >= 0.6 is 0 Å². The van der Waals surface area contributed by atoms with Gasteiger partial charge in [-0.2, -0.15) is 0 Å². The zero-order valence-corrected chi connectivity index (χ0v) is 15.0. The molecule has 0 aliphatic heterocycles. The molecule has 0 aliphatic rings. The molecular weight excluding hydrogens is 356 g/mol. The summed E-state index contributed by atoms with van der Waals surface area (Å²) in [6.07, 6.45) is 0.966. The van der Waals surface area contributed by atoms with E-state index in [9.17, 15) is 13.2 Å². The normalized spacial score (nSPS) is 11.3. The lowest BCUT2D eigenvalue weighted by atomic mass is 10.2. The van der Waals surface area contributed by atoms with Crippen molar-refractivity contribution in [2.24, 2.45) is 0 Å². The zero-order chi connectivity index (χ0) is 19.0. The SMILES string of the molecule is O=C(O)c1ccc(NCCCO)c(S(=O)(=O)NCCc2ccccc2)c1. The van der Waals surface area contributed by atoms with E-state index in [1.807, 2.05) is 30.3 Å². The Morgan fingerprint density at radius 2 is 1.77 bits per heavy atom. The molecular formula is C18H22N2O5S. The number of anilines is 1. The summed E-state index contributed by atoms with van der Waals surface area (Å²) < 4.78 is 27.8. The molecule has 0 unspecified atom stereocenters. The molecule has 0 radical (unpaired) electrons. The number of carboxylic acid groups (broad SMARTS) is 1. The average Bonchev–Trinajstić information content (AvgIpc) is 2.62. The van der Waals surface area contributed by atoms with Crippen molar-refractivity contribution in [3.63, 3.8) is 0 Å². The topological polar surface area (TPSA) is 116 Å². The number of carboxylic acids is 1. The van der Waals surface area contributed by atoms with Gasteiger partial charge in [0, 0.05) is 19.7 Å². The highest BCUT2D eigenvalue weighted by atomic mass is 32.2. The first-order valence-corrected chi connectivity index (χ1v) is 9.68. The van der Waals surface area contributed by atoms with Crippen LogP contribution < -0.4 is 10.0 Å². The summed E-state index contributed by atoms with van der Waals surface area (Å²) in [5, 5.41) is 20.9. The van der Waals surface area contributed by atoms with Crippen LogP contribution in [0.1, 0.15) is 22.3 Å². The first kappa shape index (κ1) is 19.9. The summed E-state index contributed by atoms with van der Waals surface area (Å²) in [4.78, 5) is 11.1. The molecule has 0 heterocycles. The number of aliphatic hydroxyl groups excluding tert-OH is 1. The minimum atomic E-state index is -3.89. The van der Waals surface area contributed by atoms with Gasteiger partial charge in [0.05, 0.1) is 11.3 Å². The fraction of sp³-hybridized carbons (Fsp3) is 0.278. The van der Waals surface area contributed by atoms with Crippen LogP contribution in [0.25, 0.3) is 0 Å². The molecule has 0 aliphatic carbocycles. The maximum atomic E-state index is 12.7. The van der Waals surface area contributed by atoms with Gasteiger partial charge in [-0.15, -0.1) is 0 Å². The molecule has 0 saturated carbocycles. The first-order chi connectivity index (χ1) is 12.4. The van der Waals surface area contributed by atoms with Crippen molar-refractivity contribution in [3.05, 3.63) is 59.7 Å². The average molecular weight is 378 g/mol. The Kier molecular flexibility index (Phi) is 7.14. The van der Waals surface area contributed by atoms with E-state index in [1.165, 1.54) is 12.1 Å². The molecule has 26 heavy (non-hydrogen) atoms. The van der Waals surface area contributed by atoms with Crippen molar-refractivity contribution < 1.29 is 23.4 Å². The molecule has 2 aromatic rings. The summed E-state index contributed by atoms with van der Waals surface area (Å²) in [7, 11) is -3.89. The smallest absolute Gasteiger partial charge is 0.335 e. The Morgan fingerprint density at radius 3 is 2.42 bits per heavy atom. The lowest BCUT2D eigenvalue weighted by Gasteiger charge is -2.14. The van der Waals surface area contributed by atoms with Gasteiger partial charge in [0.2, 0.25) is 10.0 Å². The summed E-state index contributed by atoms with van der Waals surface area (Å²) in [6, 6.07) is 13.3. The maximum Gasteiger partial charge on any atom is 0.335 e. The van der Waals surface area contributed by atoms with Crippen LogP contribution in [0.15, 0.2) is 53.4 Å². The minimum absolute atomic E-state index is 0.0301. The number of nitrogens with one attached hydrogen (secondary N) is 2. The number of aromatic carboxylic acids is 1. The summed E-state index contributed by atoms with van der Waals surface area (Å²) in [5.74, 6) is -1.20. The predicted molar refractivity (Wildman–Crippen MR) is 98.9 cm³/mol. The molecule has 7 nitrogen and oxygen atoms in total. The third-order valence-corrected chi connectivity index (χ3v) is 5.22. The van der Waals surface area contributed by atoms with Gasteiger partial charge in [0.25, 0.3) is 0 Å². The number of aliphatic hydroxyl groups is 1. The fourth-order valence-electron chi connectivity index (χ4n) is 2.38. The van der Waals surface area contributed by atoms with E-state index >= 15 is 0 Å². The highest BCUT2D eigenvalue weighted by Gasteiger charge is 2.20. The lowest BCUT2D eigenvalue weighted by Crippen LogP contribution is -2.27. The molecule has 8 heteroatoms. The number of rotatable bonds is 10. The van der Waals surface area contributed by atoms with Crippen molar-refractivity contribution in [1.29, 1.82) is 0 Å². The number of hydrogen-bond donors (Lipinski definition) is 4. The second-order valence-electron chi connectivity index (χ2n) is 5.65. The van der Waals surface area contributed by atoms with Crippen molar-refractivity contribution >= 4 is 21.7 Å². The van der Waals surface area contributed by atoms with Gasteiger partial charge in [0.1, 0.15) is 4.90 Å². The van der Waals surface area contributed by atoms with Gasteiger partial charge in [-0.05, 0) is 36.6 Å². The van der Waals surface area contributed by atoms with Crippen molar-refractivity contribution in [1.82, 2.24) is 4.72 Å². The van der Waals surface area contributed by atoms with Gasteiger partial charge in [-0.3, -0.25) is 0 Å². The van der Waals surface area contributed by atoms with Gasteiger partial charge >= 0.3 is 5.97 Å². The number of hydrogen-bond acceptors (Lipinski definition) is 5.